The first kappa shape index (κ1) is 17.6. The van der Waals surface area contributed by atoms with Crippen molar-refractivity contribution in [2.75, 3.05) is 16.8 Å². The van der Waals surface area contributed by atoms with Crippen LogP contribution < -0.4 is 10.2 Å². The van der Waals surface area contributed by atoms with E-state index in [-0.39, 0.29) is 5.41 Å². The number of benzene rings is 1. The van der Waals surface area contributed by atoms with E-state index in [1.165, 1.54) is 24.8 Å². The lowest BCUT2D eigenvalue weighted by molar-refractivity contribution is 0.446. The molecular formula is C20H29N5. The molecule has 0 amide bonds. The predicted octanol–water partition coefficient (Wildman–Crippen LogP) is 4.68. The third kappa shape index (κ3) is 4.09. The topological polar surface area (TPSA) is 53.9 Å². The molecule has 5 nitrogen and oxygen atoms in total. The van der Waals surface area contributed by atoms with E-state index < -0.39 is 0 Å². The molecule has 0 spiro atoms. The largest absolute Gasteiger partial charge is 0.352 e. The number of para-hydroxylation sites is 1. The quantitative estimate of drug-likeness (QED) is 0.876. The number of anilines is 3. The zero-order chi connectivity index (χ0) is 17.9. The molecule has 1 aliphatic heterocycles. The fourth-order valence-electron chi connectivity index (χ4n) is 3.58. The molecule has 2 aromatic rings. The average molecular weight is 339 g/mol. The van der Waals surface area contributed by atoms with Crippen LogP contribution in [-0.2, 0) is 5.41 Å². The van der Waals surface area contributed by atoms with Crippen molar-refractivity contribution in [1.29, 1.82) is 0 Å². The van der Waals surface area contributed by atoms with E-state index in [0.29, 0.717) is 12.0 Å². The van der Waals surface area contributed by atoms with E-state index in [4.69, 9.17) is 4.98 Å². The molecule has 25 heavy (non-hydrogen) atoms. The number of nitrogens with zero attached hydrogens (tertiary/aromatic N) is 4. The standard InChI is InChI=1S/C20H29N5/c1-5-15-10-8-9-13-25(15)18-14-21-24-19(23-18)22-17-12-7-6-11-16(17)20(2,3)4/h6-7,11-12,14-15H,5,8-10,13H2,1-4H3,(H,22,23,24). The lowest BCUT2D eigenvalue weighted by Gasteiger charge is -2.35. The van der Waals surface area contributed by atoms with Gasteiger partial charge in [0.2, 0.25) is 5.95 Å². The summed E-state index contributed by atoms with van der Waals surface area (Å²) in [5, 5.41) is 11.8. The van der Waals surface area contributed by atoms with E-state index in [1.807, 2.05) is 6.07 Å². The van der Waals surface area contributed by atoms with Gasteiger partial charge in [-0.25, -0.2) is 0 Å². The first-order chi connectivity index (χ1) is 12.0. The summed E-state index contributed by atoms with van der Waals surface area (Å²) >= 11 is 0. The highest BCUT2D eigenvalue weighted by molar-refractivity contribution is 5.61. The molecule has 1 unspecified atom stereocenters. The Kier molecular flexibility index (Phi) is 5.21. The van der Waals surface area contributed by atoms with Gasteiger partial charge in [-0.1, -0.05) is 45.9 Å². The van der Waals surface area contributed by atoms with Gasteiger partial charge in [-0.05, 0) is 42.7 Å². The predicted molar refractivity (Wildman–Crippen MR) is 104 cm³/mol. The summed E-state index contributed by atoms with van der Waals surface area (Å²) in [6.07, 6.45) is 6.68. The van der Waals surface area contributed by atoms with Gasteiger partial charge in [-0.3, -0.25) is 0 Å². The number of rotatable bonds is 4. The Morgan fingerprint density at radius 1 is 1.20 bits per heavy atom. The normalized spacial score (nSPS) is 18.2. The van der Waals surface area contributed by atoms with Crippen LogP contribution in [0.15, 0.2) is 30.5 Å². The van der Waals surface area contributed by atoms with Gasteiger partial charge in [0.25, 0.3) is 0 Å². The molecule has 0 aliphatic carbocycles. The molecule has 1 aromatic heterocycles. The molecule has 5 heteroatoms. The third-order valence-corrected chi connectivity index (χ3v) is 4.92. The smallest absolute Gasteiger partial charge is 0.249 e. The van der Waals surface area contributed by atoms with Gasteiger partial charge in [0, 0.05) is 18.3 Å². The number of hydrogen-bond donors (Lipinski definition) is 1. The van der Waals surface area contributed by atoms with Crippen molar-refractivity contribution in [2.24, 2.45) is 0 Å². The van der Waals surface area contributed by atoms with Gasteiger partial charge in [0.1, 0.15) is 0 Å². The van der Waals surface area contributed by atoms with Gasteiger partial charge in [0.15, 0.2) is 5.82 Å². The van der Waals surface area contributed by atoms with Crippen LogP contribution in [-0.4, -0.2) is 27.8 Å². The van der Waals surface area contributed by atoms with Gasteiger partial charge in [0.05, 0.1) is 6.20 Å². The van der Waals surface area contributed by atoms with Crippen molar-refractivity contribution in [3.63, 3.8) is 0 Å². The fraction of sp³-hybridized carbons (Fsp3) is 0.550. The number of nitrogens with one attached hydrogen (secondary N) is 1. The molecule has 2 heterocycles. The Labute approximate surface area is 150 Å². The zero-order valence-electron chi connectivity index (χ0n) is 15.8. The molecular weight excluding hydrogens is 310 g/mol. The summed E-state index contributed by atoms with van der Waals surface area (Å²) in [7, 11) is 0. The molecule has 134 valence electrons. The Morgan fingerprint density at radius 3 is 2.76 bits per heavy atom. The summed E-state index contributed by atoms with van der Waals surface area (Å²) in [5.41, 5.74) is 2.34. The monoisotopic (exact) mass is 339 g/mol. The first-order valence-electron chi connectivity index (χ1n) is 9.32. The van der Waals surface area contributed by atoms with Crippen LogP contribution in [0.3, 0.4) is 0 Å². The van der Waals surface area contributed by atoms with Crippen LogP contribution in [0.5, 0.6) is 0 Å². The van der Waals surface area contributed by atoms with Crippen LogP contribution in [0.25, 0.3) is 0 Å². The Hall–Kier alpha value is -2.17. The summed E-state index contributed by atoms with van der Waals surface area (Å²) < 4.78 is 0. The summed E-state index contributed by atoms with van der Waals surface area (Å²) in [5.74, 6) is 1.49. The maximum atomic E-state index is 4.75. The molecule has 0 saturated carbocycles. The summed E-state index contributed by atoms with van der Waals surface area (Å²) in [6.45, 7) is 9.93. The number of hydrogen-bond acceptors (Lipinski definition) is 5. The van der Waals surface area contributed by atoms with Crippen molar-refractivity contribution in [2.45, 2.75) is 64.8 Å². The Balaban J connectivity index is 1.86. The molecule has 0 bridgehead atoms. The minimum absolute atomic E-state index is 0.0504. The third-order valence-electron chi connectivity index (χ3n) is 4.92. The van der Waals surface area contributed by atoms with Crippen LogP contribution in [0, 0.1) is 0 Å². The minimum atomic E-state index is 0.0504. The van der Waals surface area contributed by atoms with E-state index in [9.17, 15) is 0 Å². The molecule has 1 aliphatic rings. The molecule has 3 rings (SSSR count). The second kappa shape index (κ2) is 7.38. The van der Waals surface area contributed by atoms with E-state index >= 15 is 0 Å². The molecule has 1 N–H and O–H groups in total. The van der Waals surface area contributed by atoms with Crippen LogP contribution in [0.2, 0.25) is 0 Å². The fourth-order valence-corrected chi connectivity index (χ4v) is 3.58. The highest BCUT2D eigenvalue weighted by Crippen LogP contribution is 2.31. The maximum absolute atomic E-state index is 4.75. The Bertz CT molecular complexity index is 707. The van der Waals surface area contributed by atoms with Gasteiger partial charge < -0.3 is 10.2 Å². The minimum Gasteiger partial charge on any atom is -0.352 e. The van der Waals surface area contributed by atoms with Gasteiger partial charge >= 0.3 is 0 Å². The maximum Gasteiger partial charge on any atom is 0.249 e. The van der Waals surface area contributed by atoms with E-state index in [0.717, 1.165) is 24.5 Å². The lowest BCUT2D eigenvalue weighted by atomic mass is 9.86. The zero-order valence-corrected chi connectivity index (χ0v) is 15.8. The van der Waals surface area contributed by atoms with Crippen LogP contribution in [0.4, 0.5) is 17.5 Å². The van der Waals surface area contributed by atoms with Crippen LogP contribution in [0.1, 0.15) is 58.9 Å². The molecule has 1 atom stereocenters. The van der Waals surface area contributed by atoms with E-state index in [2.05, 4.69) is 66.3 Å². The molecule has 0 radical (unpaired) electrons. The van der Waals surface area contributed by atoms with Gasteiger partial charge in [-0.2, -0.15) is 10.1 Å². The Morgan fingerprint density at radius 2 is 2.00 bits per heavy atom. The second-order valence-electron chi connectivity index (χ2n) is 7.81. The van der Waals surface area contributed by atoms with Crippen molar-refractivity contribution >= 4 is 17.5 Å². The van der Waals surface area contributed by atoms with Crippen molar-refractivity contribution < 1.29 is 0 Å². The average Bonchev–Trinajstić information content (AvgIpc) is 2.61. The van der Waals surface area contributed by atoms with E-state index in [1.54, 1.807) is 6.20 Å². The number of piperidine rings is 1. The van der Waals surface area contributed by atoms with Gasteiger partial charge in [-0.15, -0.1) is 5.10 Å². The van der Waals surface area contributed by atoms with Crippen molar-refractivity contribution in [3.05, 3.63) is 36.0 Å². The summed E-state index contributed by atoms with van der Waals surface area (Å²) in [6, 6.07) is 8.89. The lowest BCUT2D eigenvalue weighted by Crippen LogP contribution is -2.39. The highest BCUT2D eigenvalue weighted by atomic mass is 15.3. The van der Waals surface area contributed by atoms with Crippen molar-refractivity contribution in [3.8, 4) is 0 Å². The summed E-state index contributed by atoms with van der Waals surface area (Å²) in [4.78, 5) is 7.14. The molecule has 1 aromatic carbocycles. The molecule has 1 saturated heterocycles. The first-order valence-corrected chi connectivity index (χ1v) is 9.32. The number of aromatic nitrogens is 3. The van der Waals surface area contributed by atoms with Crippen LogP contribution >= 0.6 is 0 Å². The SMILES string of the molecule is CCC1CCCCN1c1cnnc(Nc2ccccc2C(C)(C)C)n1. The van der Waals surface area contributed by atoms with Crippen molar-refractivity contribution in [1.82, 2.24) is 15.2 Å². The second-order valence-corrected chi connectivity index (χ2v) is 7.81. The molecule has 1 fully saturated rings. The highest BCUT2D eigenvalue weighted by Gasteiger charge is 2.23.